The molecule has 3 N–H and O–H groups in total. The third kappa shape index (κ3) is 7.16. The van der Waals surface area contributed by atoms with Crippen LogP contribution in [-0.4, -0.2) is 51.7 Å². The summed E-state index contributed by atoms with van der Waals surface area (Å²) in [4.78, 5) is 17.8. The van der Waals surface area contributed by atoms with Gasteiger partial charge in [-0.3, -0.25) is 4.68 Å². The predicted octanol–water partition coefficient (Wildman–Crippen LogP) is 3.66. The first-order valence-electron chi connectivity index (χ1n) is 9.57. The number of aliphatic carboxylic acids is 1. The number of halogens is 3. The Bertz CT molecular complexity index is 1310. The van der Waals surface area contributed by atoms with Crippen LogP contribution in [0.25, 0.3) is 0 Å². The molecule has 0 saturated carbocycles. The van der Waals surface area contributed by atoms with Crippen LogP contribution in [0.15, 0.2) is 35.4 Å². The fourth-order valence-electron chi connectivity index (χ4n) is 2.71. The van der Waals surface area contributed by atoms with Crippen molar-refractivity contribution in [3.8, 4) is 0 Å². The van der Waals surface area contributed by atoms with Gasteiger partial charge >= 0.3 is 12.1 Å². The van der Waals surface area contributed by atoms with Gasteiger partial charge in [-0.05, 0) is 50.6 Å². The maximum absolute atomic E-state index is 11.8. The number of carboxylic acids is 1. The number of carboxylic acid groups (broad SMARTS) is 1. The smallest absolute Gasteiger partial charge is 0.475 e. The van der Waals surface area contributed by atoms with Crippen molar-refractivity contribution >= 4 is 39.1 Å². The summed E-state index contributed by atoms with van der Waals surface area (Å²) in [6.07, 6.45) is -2.27. The Labute approximate surface area is 193 Å². The van der Waals surface area contributed by atoms with Crippen molar-refractivity contribution in [2.24, 2.45) is 7.05 Å². The molecule has 2 aromatic heterocycles. The third-order valence-corrected chi connectivity index (χ3v) is 5.49. The summed E-state index contributed by atoms with van der Waals surface area (Å²) < 4.78 is 57.2. The number of carbonyl (C=O) groups is 1. The van der Waals surface area contributed by atoms with Crippen molar-refractivity contribution in [2.45, 2.75) is 31.8 Å². The van der Waals surface area contributed by atoms with Gasteiger partial charge in [-0.15, -0.1) is 0 Å². The van der Waals surface area contributed by atoms with Crippen LogP contribution in [0, 0.1) is 20.8 Å². The van der Waals surface area contributed by atoms with Gasteiger partial charge in [-0.2, -0.15) is 23.3 Å². The zero-order valence-electron chi connectivity index (χ0n) is 18.9. The topological polar surface area (TPSA) is 139 Å². The highest BCUT2D eigenvalue weighted by atomic mass is 32.2. The van der Waals surface area contributed by atoms with Gasteiger partial charge in [-0.1, -0.05) is 0 Å². The first kappa shape index (κ1) is 26.6. The molecular formula is C20H23F3N6O4S. The lowest BCUT2D eigenvalue weighted by molar-refractivity contribution is -0.192. The minimum absolute atomic E-state index is 0.250. The molecule has 0 aliphatic heterocycles. The molecule has 0 aliphatic rings. The number of aromatic nitrogens is 4. The van der Waals surface area contributed by atoms with E-state index >= 15 is 0 Å². The largest absolute Gasteiger partial charge is 0.490 e. The van der Waals surface area contributed by atoms with E-state index in [1.54, 1.807) is 29.1 Å². The van der Waals surface area contributed by atoms with Crippen LogP contribution in [0.2, 0.25) is 0 Å². The third-order valence-electron chi connectivity index (χ3n) is 4.40. The summed E-state index contributed by atoms with van der Waals surface area (Å²) >= 11 is 0. The molecule has 0 fully saturated rings. The lowest BCUT2D eigenvalue weighted by Crippen LogP contribution is -2.21. The number of aryl methyl sites for hydroxylation is 3. The van der Waals surface area contributed by atoms with Crippen LogP contribution in [-0.2, 0) is 21.7 Å². The van der Waals surface area contributed by atoms with Gasteiger partial charge in [-0.25, -0.2) is 18.2 Å². The van der Waals surface area contributed by atoms with Crippen molar-refractivity contribution in [1.29, 1.82) is 0 Å². The van der Waals surface area contributed by atoms with Crippen LogP contribution < -0.4 is 10.6 Å². The molecule has 3 aromatic rings. The number of rotatable bonds is 5. The predicted molar refractivity (Wildman–Crippen MR) is 119 cm³/mol. The SMILES string of the molecule is Cc1cc(Nc2nccc(Nc3c(C)c(C)nn3C)n2)cc(S(C)(=O)=O)c1.O=C(O)C(F)(F)F. The summed E-state index contributed by atoms with van der Waals surface area (Å²) in [5.74, 6) is -0.934. The average Bonchev–Trinajstić information content (AvgIpc) is 2.93. The zero-order valence-corrected chi connectivity index (χ0v) is 19.7. The minimum atomic E-state index is -5.08. The van der Waals surface area contributed by atoms with Crippen LogP contribution >= 0.6 is 0 Å². The highest BCUT2D eigenvalue weighted by molar-refractivity contribution is 7.90. The summed E-state index contributed by atoms with van der Waals surface area (Å²) in [5, 5.41) is 17.8. The molecule has 0 bridgehead atoms. The van der Waals surface area contributed by atoms with E-state index in [1.807, 2.05) is 33.9 Å². The Morgan fingerprint density at radius 1 is 1.12 bits per heavy atom. The fraction of sp³-hybridized carbons (Fsp3) is 0.300. The fourth-order valence-corrected chi connectivity index (χ4v) is 3.45. The van der Waals surface area contributed by atoms with Crippen molar-refractivity contribution in [2.75, 3.05) is 16.9 Å². The van der Waals surface area contributed by atoms with Crippen LogP contribution in [0.4, 0.5) is 36.4 Å². The average molecular weight is 501 g/mol. The van der Waals surface area contributed by atoms with Gasteiger partial charge in [0.25, 0.3) is 0 Å². The van der Waals surface area contributed by atoms with Gasteiger partial charge in [0, 0.05) is 30.8 Å². The highest BCUT2D eigenvalue weighted by Crippen LogP contribution is 2.24. The van der Waals surface area contributed by atoms with E-state index in [9.17, 15) is 21.6 Å². The molecule has 10 nitrogen and oxygen atoms in total. The molecule has 0 amide bonds. The normalized spacial score (nSPS) is 11.4. The molecule has 3 rings (SSSR count). The monoisotopic (exact) mass is 500 g/mol. The molecule has 0 saturated heterocycles. The molecule has 184 valence electrons. The number of benzene rings is 1. The van der Waals surface area contributed by atoms with Gasteiger partial charge in [0.15, 0.2) is 9.84 Å². The van der Waals surface area contributed by atoms with E-state index in [0.717, 1.165) is 22.6 Å². The molecule has 0 spiro atoms. The lowest BCUT2D eigenvalue weighted by Gasteiger charge is -2.11. The number of nitrogens with zero attached hydrogens (tertiary/aromatic N) is 4. The maximum atomic E-state index is 11.8. The second kappa shape index (κ2) is 10.1. The second-order valence-electron chi connectivity index (χ2n) is 7.31. The van der Waals surface area contributed by atoms with Crippen LogP contribution in [0.3, 0.4) is 0 Å². The zero-order chi connectivity index (χ0) is 25.8. The summed E-state index contributed by atoms with van der Waals surface area (Å²) in [6.45, 7) is 5.78. The molecule has 0 aliphatic carbocycles. The number of nitrogens with one attached hydrogen (secondary N) is 2. The van der Waals surface area contributed by atoms with Crippen LogP contribution in [0.1, 0.15) is 16.8 Å². The summed E-state index contributed by atoms with van der Waals surface area (Å²) in [6, 6.07) is 6.80. The summed E-state index contributed by atoms with van der Waals surface area (Å²) in [5.41, 5.74) is 3.43. The van der Waals surface area contributed by atoms with Gasteiger partial charge in [0.1, 0.15) is 11.6 Å². The molecule has 0 radical (unpaired) electrons. The number of hydrogen-bond acceptors (Lipinski definition) is 8. The Balaban J connectivity index is 0.000000509. The Morgan fingerprint density at radius 2 is 1.74 bits per heavy atom. The quantitative estimate of drug-likeness (QED) is 0.479. The Kier molecular flexibility index (Phi) is 7.87. The number of hydrogen-bond donors (Lipinski definition) is 3. The highest BCUT2D eigenvalue weighted by Gasteiger charge is 2.38. The number of alkyl halides is 3. The standard InChI is InChI=1S/C18H22N6O2S.C2HF3O2/c1-11-8-14(10-15(9-11)27(5,25)26)20-18-19-7-6-16(22-18)21-17-12(2)13(3)23-24(17)4;3-2(4,5)1(6)7/h6-10H,1-5H3,(H2,19,20,21,22);(H,6,7). The van der Waals surface area contributed by atoms with Crippen molar-refractivity contribution in [1.82, 2.24) is 19.7 Å². The van der Waals surface area contributed by atoms with Crippen molar-refractivity contribution in [3.05, 3.63) is 47.3 Å². The molecule has 2 heterocycles. The minimum Gasteiger partial charge on any atom is -0.475 e. The van der Waals surface area contributed by atoms with Gasteiger partial charge in [0.05, 0.1) is 10.6 Å². The van der Waals surface area contributed by atoms with E-state index < -0.39 is 22.0 Å². The second-order valence-corrected chi connectivity index (χ2v) is 9.32. The Hall–Kier alpha value is -3.68. The van der Waals surface area contributed by atoms with Gasteiger partial charge in [0.2, 0.25) is 5.95 Å². The van der Waals surface area contributed by atoms with Crippen molar-refractivity contribution in [3.63, 3.8) is 0 Å². The Morgan fingerprint density at radius 3 is 2.24 bits per heavy atom. The van der Waals surface area contributed by atoms with Crippen LogP contribution in [0.5, 0.6) is 0 Å². The molecule has 14 heteroatoms. The molecule has 0 unspecified atom stereocenters. The van der Waals surface area contributed by atoms with E-state index in [1.165, 1.54) is 6.26 Å². The van der Waals surface area contributed by atoms with E-state index in [2.05, 4.69) is 25.7 Å². The van der Waals surface area contributed by atoms with E-state index in [0.29, 0.717) is 17.5 Å². The molecule has 1 aromatic carbocycles. The van der Waals surface area contributed by atoms with Gasteiger partial charge < -0.3 is 15.7 Å². The molecule has 0 atom stereocenters. The number of anilines is 4. The van der Waals surface area contributed by atoms with E-state index in [-0.39, 0.29) is 4.90 Å². The molecule has 34 heavy (non-hydrogen) atoms. The number of sulfone groups is 1. The summed E-state index contributed by atoms with van der Waals surface area (Å²) in [7, 11) is -1.44. The molecular weight excluding hydrogens is 477 g/mol. The lowest BCUT2D eigenvalue weighted by atomic mass is 10.2. The van der Waals surface area contributed by atoms with E-state index in [4.69, 9.17) is 9.90 Å². The first-order chi connectivity index (χ1) is 15.6. The maximum Gasteiger partial charge on any atom is 0.490 e. The first-order valence-corrected chi connectivity index (χ1v) is 11.5. The van der Waals surface area contributed by atoms with Crippen molar-refractivity contribution < 1.29 is 31.5 Å².